The predicted molar refractivity (Wildman–Crippen MR) is 59.4 cm³/mol. The van der Waals surface area contributed by atoms with Crippen molar-refractivity contribution in [2.24, 2.45) is 0 Å². The zero-order valence-corrected chi connectivity index (χ0v) is 9.34. The van der Waals surface area contributed by atoms with Gasteiger partial charge in [0.1, 0.15) is 5.69 Å². The number of carbonyl (C=O) groups is 1. The van der Waals surface area contributed by atoms with Gasteiger partial charge in [0.25, 0.3) is 0 Å². The number of methoxy groups -OCH3 is 1. The molecule has 1 aromatic carbocycles. The normalized spacial score (nSPS) is 10.4. The summed E-state index contributed by atoms with van der Waals surface area (Å²) in [5, 5.41) is 10.4. The monoisotopic (exact) mass is 231 g/mol. The van der Waals surface area contributed by atoms with Crippen LogP contribution < -0.4 is 9.84 Å². The lowest BCUT2D eigenvalue weighted by atomic mass is 10.2. The molecule has 1 aromatic heterocycles. The Labute approximate surface area is 98.1 Å². The molecule has 0 aliphatic heterocycles. The number of aryl methyl sites for hydroxylation is 1. The number of carboxylic acids is 1. The minimum Gasteiger partial charge on any atom is -0.550 e. The van der Waals surface area contributed by atoms with Crippen LogP contribution >= 0.6 is 0 Å². The van der Waals surface area contributed by atoms with Crippen LogP contribution in [0.1, 0.15) is 12.1 Å². The number of carbonyl (C=O) groups excluding carboxylic acids is 1. The minimum atomic E-state index is -1.11. The molecule has 1 heterocycles. The van der Waals surface area contributed by atoms with E-state index >= 15 is 0 Å². The molecular weight excluding hydrogens is 220 g/mol. The Kier molecular flexibility index (Phi) is 3.18. The third-order valence-corrected chi connectivity index (χ3v) is 2.37. The standard InChI is InChI=1S/C12H12N2O3/c1-17-12-10(6-7-11(15)16)13-8-4-2-3-5-9(8)14-12/h2-5H,6-7H2,1H3,(H,15,16)/p-1. The van der Waals surface area contributed by atoms with Gasteiger partial charge >= 0.3 is 0 Å². The second-order valence-corrected chi connectivity index (χ2v) is 3.54. The third kappa shape index (κ3) is 2.50. The average molecular weight is 231 g/mol. The maximum absolute atomic E-state index is 10.4. The van der Waals surface area contributed by atoms with Crippen molar-refractivity contribution >= 4 is 17.0 Å². The molecule has 0 unspecified atom stereocenters. The number of carboxylic acid groups (broad SMARTS) is 1. The second-order valence-electron chi connectivity index (χ2n) is 3.54. The zero-order valence-electron chi connectivity index (χ0n) is 9.34. The highest BCUT2D eigenvalue weighted by molar-refractivity contribution is 5.75. The lowest BCUT2D eigenvalue weighted by molar-refractivity contribution is -0.305. The molecule has 0 saturated carbocycles. The summed E-state index contributed by atoms with van der Waals surface area (Å²) in [7, 11) is 1.49. The molecule has 17 heavy (non-hydrogen) atoms. The molecule has 0 aliphatic carbocycles. The van der Waals surface area contributed by atoms with E-state index in [1.54, 1.807) is 0 Å². The van der Waals surface area contributed by atoms with Gasteiger partial charge in [-0.3, -0.25) is 0 Å². The van der Waals surface area contributed by atoms with Crippen molar-refractivity contribution in [3.63, 3.8) is 0 Å². The first-order valence-corrected chi connectivity index (χ1v) is 5.20. The summed E-state index contributed by atoms with van der Waals surface area (Å²) in [6.45, 7) is 0. The fourth-order valence-corrected chi connectivity index (χ4v) is 1.57. The number of aromatic nitrogens is 2. The van der Waals surface area contributed by atoms with Crippen LogP contribution in [0.25, 0.3) is 11.0 Å². The Hall–Kier alpha value is -2.17. The highest BCUT2D eigenvalue weighted by Gasteiger charge is 2.08. The Morgan fingerprint density at radius 1 is 1.29 bits per heavy atom. The first-order valence-electron chi connectivity index (χ1n) is 5.20. The predicted octanol–water partition coefficient (Wildman–Crippen LogP) is 0.321. The number of benzene rings is 1. The summed E-state index contributed by atoms with van der Waals surface area (Å²) in [6.07, 6.45) is 0.159. The van der Waals surface area contributed by atoms with Gasteiger partial charge in [-0.25, -0.2) is 9.97 Å². The van der Waals surface area contributed by atoms with Gasteiger partial charge in [0.15, 0.2) is 0 Å². The van der Waals surface area contributed by atoms with Crippen LogP contribution in [0.4, 0.5) is 0 Å². The summed E-state index contributed by atoms with van der Waals surface area (Å²) >= 11 is 0. The van der Waals surface area contributed by atoms with E-state index in [1.165, 1.54) is 7.11 Å². The molecule has 0 aliphatic rings. The molecule has 2 rings (SSSR count). The smallest absolute Gasteiger partial charge is 0.235 e. The number of aliphatic carboxylic acids is 1. The molecular formula is C12H11N2O3-. The van der Waals surface area contributed by atoms with Gasteiger partial charge < -0.3 is 14.6 Å². The molecule has 0 radical (unpaired) electrons. The van der Waals surface area contributed by atoms with Gasteiger partial charge in [-0.15, -0.1) is 0 Å². The van der Waals surface area contributed by atoms with Gasteiger partial charge in [-0.1, -0.05) is 12.1 Å². The number of hydrogen-bond donors (Lipinski definition) is 0. The summed E-state index contributed by atoms with van der Waals surface area (Å²) in [5.74, 6) is -0.744. The highest BCUT2D eigenvalue weighted by Crippen LogP contribution is 2.19. The molecule has 0 N–H and O–H groups in total. The van der Waals surface area contributed by atoms with Crippen molar-refractivity contribution in [3.05, 3.63) is 30.0 Å². The number of rotatable bonds is 4. The van der Waals surface area contributed by atoms with Crippen LogP contribution in [0.3, 0.4) is 0 Å². The molecule has 2 aromatic rings. The SMILES string of the molecule is COc1nc2ccccc2nc1CCC(=O)[O-]. The second kappa shape index (κ2) is 4.78. The number of hydrogen-bond acceptors (Lipinski definition) is 5. The molecule has 0 fully saturated rings. The first kappa shape index (κ1) is 11.3. The molecule has 5 heteroatoms. The summed E-state index contributed by atoms with van der Waals surface area (Å²) in [6, 6.07) is 7.36. The highest BCUT2D eigenvalue weighted by atomic mass is 16.5. The molecule has 0 bridgehead atoms. The Bertz CT molecular complexity index is 554. The van der Waals surface area contributed by atoms with Crippen molar-refractivity contribution in [1.29, 1.82) is 0 Å². The summed E-state index contributed by atoms with van der Waals surface area (Å²) in [4.78, 5) is 19.0. The van der Waals surface area contributed by atoms with Crippen molar-refractivity contribution in [2.45, 2.75) is 12.8 Å². The first-order chi connectivity index (χ1) is 8.20. The maximum Gasteiger partial charge on any atom is 0.235 e. The van der Waals surface area contributed by atoms with Crippen molar-refractivity contribution in [1.82, 2.24) is 9.97 Å². The van der Waals surface area contributed by atoms with E-state index in [9.17, 15) is 9.90 Å². The van der Waals surface area contributed by atoms with Crippen molar-refractivity contribution in [2.75, 3.05) is 7.11 Å². The molecule has 0 amide bonds. The van der Waals surface area contributed by atoms with E-state index in [-0.39, 0.29) is 12.8 Å². The molecule has 0 spiro atoms. The van der Waals surface area contributed by atoms with Crippen molar-refractivity contribution in [3.8, 4) is 5.88 Å². The van der Waals surface area contributed by atoms with Crippen LogP contribution in [0, 0.1) is 0 Å². The molecule has 0 atom stereocenters. The Morgan fingerprint density at radius 2 is 1.94 bits per heavy atom. The molecule has 88 valence electrons. The lowest BCUT2D eigenvalue weighted by Crippen LogP contribution is -2.22. The van der Waals surface area contributed by atoms with Gasteiger partial charge in [0.05, 0.1) is 18.1 Å². The zero-order chi connectivity index (χ0) is 12.3. The number of para-hydroxylation sites is 2. The van der Waals surface area contributed by atoms with Crippen LogP contribution in [0.2, 0.25) is 0 Å². The van der Waals surface area contributed by atoms with Crippen molar-refractivity contribution < 1.29 is 14.6 Å². The largest absolute Gasteiger partial charge is 0.550 e. The van der Waals surface area contributed by atoms with E-state index in [2.05, 4.69) is 9.97 Å². The Morgan fingerprint density at radius 3 is 2.53 bits per heavy atom. The van der Waals surface area contributed by atoms with E-state index in [4.69, 9.17) is 4.74 Å². The fraction of sp³-hybridized carbons (Fsp3) is 0.250. The van der Waals surface area contributed by atoms with Gasteiger partial charge in [0, 0.05) is 12.4 Å². The van der Waals surface area contributed by atoms with E-state index in [0.717, 1.165) is 11.0 Å². The van der Waals surface area contributed by atoms with Crippen LogP contribution in [-0.2, 0) is 11.2 Å². The number of ether oxygens (including phenoxy) is 1. The summed E-state index contributed by atoms with van der Waals surface area (Å²) in [5.41, 5.74) is 1.98. The molecule has 0 saturated heterocycles. The third-order valence-electron chi connectivity index (χ3n) is 2.37. The number of fused-ring (bicyclic) bond motifs is 1. The van der Waals surface area contributed by atoms with Crippen LogP contribution in [0.15, 0.2) is 24.3 Å². The summed E-state index contributed by atoms with van der Waals surface area (Å²) < 4.78 is 5.10. The van der Waals surface area contributed by atoms with Gasteiger partial charge in [0.2, 0.25) is 5.88 Å². The minimum absolute atomic E-state index is 0.0939. The van der Waals surface area contributed by atoms with Crippen LogP contribution in [0.5, 0.6) is 5.88 Å². The van der Waals surface area contributed by atoms with Gasteiger partial charge in [-0.2, -0.15) is 0 Å². The van der Waals surface area contributed by atoms with E-state index < -0.39 is 5.97 Å². The topological polar surface area (TPSA) is 75.1 Å². The van der Waals surface area contributed by atoms with Gasteiger partial charge in [-0.05, 0) is 18.6 Å². The fourth-order valence-electron chi connectivity index (χ4n) is 1.57. The van der Waals surface area contributed by atoms with E-state index in [0.29, 0.717) is 11.6 Å². The average Bonchev–Trinajstić information content (AvgIpc) is 2.35. The lowest BCUT2D eigenvalue weighted by Gasteiger charge is -2.08. The van der Waals surface area contributed by atoms with Crippen LogP contribution in [-0.4, -0.2) is 23.0 Å². The Balaban J connectivity index is 2.41. The maximum atomic E-state index is 10.4. The molecule has 5 nitrogen and oxygen atoms in total. The van der Waals surface area contributed by atoms with E-state index in [1.807, 2.05) is 24.3 Å². The quantitative estimate of drug-likeness (QED) is 0.757. The number of nitrogens with zero attached hydrogens (tertiary/aromatic N) is 2.